The van der Waals surface area contributed by atoms with Crippen molar-refractivity contribution in [2.24, 2.45) is 0 Å². The van der Waals surface area contributed by atoms with Crippen molar-refractivity contribution in [2.75, 3.05) is 26.2 Å². The highest BCUT2D eigenvalue weighted by atomic mass is 35.5. The number of piperazine rings is 1. The van der Waals surface area contributed by atoms with Crippen LogP contribution in [0.1, 0.15) is 10.4 Å². The summed E-state index contributed by atoms with van der Waals surface area (Å²) in [5, 5.41) is 0.320. The van der Waals surface area contributed by atoms with E-state index in [1.807, 2.05) is 0 Å². The minimum Gasteiger partial charge on any atom is -0.435 e. The summed E-state index contributed by atoms with van der Waals surface area (Å²) >= 11 is 11.9. The number of ether oxygens (including phenoxy) is 1. The van der Waals surface area contributed by atoms with Gasteiger partial charge in [-0.3, -0.25) is 4.79 Å². The molecule has 2 aromatic carbocycles. The lowest BCUT2D eigenvalue weighted by Gasteiger charge is -2.34. The predicted octanol–water partition coefficient (Wildman–Crippen LogP) is 3.74. The van der Waals surface area contributed by atoms with E-state index in [0.29, 0.717) is 5.56 Å². The van der Waals surface area contributed by atoms with Crippen LogP contribution in [-0.2, 0) is 10.0 Å². The molecule has 0 spiro atoms. The molecule has 6 nitrogen and oxygen atoms in total. The summed E-state index contributed by atoms with van der Waals surface area (Å²) in [5.74, 6) is -0.378. The maximum atomic E-state index is 12.8. The molecule has 3 rings (SSSR count). The van der Waals surface area contributed by atoms with Crippen LogP contribution < -0.4 is 4.74 Å². The van der Waals surface area contributed by atoms with Gasteiger partial charge < -0.3 is 9.64 Å². The average Bonchev–Trinajstić information content (AvgIpc) is 2.69. The first kappa shape index (κ1) is 21.8. The Labute approximate surface area is 176 Å². The molecular formula is C18H16Cl2F2N2O4S. The fourth-order valence-electron chi connectivity index (χ4n) is 2.91. The fourth-order valence-corrected chi connectivity index (χ4v) is 5.07. The molecule has 0 aromatic heterocycles. The van der Waals surface area contributed by atoms with Crippen LogP contribution in [0.2, 0.25) is 10.0 Å². The summed E-state index contributed by atoms with van der Waals surface area (Å²) in [4.78, 5) is 14.0. The van der Waals surface area contributed by atoms with Gasteiger partial charge in [0.2, 0.25) is 10.0 Å². The Bertz CT molecular complexity index is 995. The molecule has 0 N–H and O–H groups in total. The summed E-state index contributed by atoms with van der Waals surface area (Å²) in [6, 6.07) is 9.53. The van der Waals surface area contributed by atoms with E-state index in [9.17, 15) is 22.0 Å². The maximum Gasteiger partial charge on any atom is 0.387 e. The molecule has 1 amide bonds. The molecule has 1 aliphatic rings. The van der Waals surface area contributed by atoms with Gasteiger partial charge in [-0.2, -0.15) is 13.1 Å². The minimum atomic E-state index is -3.85. The molecule has 1 fully saturated rings. The SMILES string of the molecule is O=C(c1ccc(OC(F)F)cc1)N1CCN(S(=O)(=O)c2cc(Cl)ccc2Cl)CC1. The molecule has 0 unspecified atom stereocenters. The second kappa shape index (κ2) is 8.83. The van der Waals surface area contributed by atoms with Crippen LogP contribution in [-0.4, -0.2) is 56.3 Å². The van der Waals surface area contributed by atoms with E-state index in [1.165, 1.54) is 51.7 Å². The third-order valence-electron chi connectivity index (χ3n) is 4.36. The normalized spacial score (nSPS) is 15.6. The second-order valence-electron chi connectivity index (χ2n) is 6.17. The van der Waals surface area contributed by atoms with Gasteiger partial charge in [-0.15, -0.1) is 0 Å². The summed E-state index contributed by atoms with van der Waals surface area (Å²) in [5.41, 5.74) is 0.292. The zero-order chi connectivity index (χ0) is 21.2. The van der Waals surface area contributed by atoms with Gasteiger partial charge in [0.1, 0.15) is 10.6 Å². The molecule has 0 saturated carbocycles. The Kier molecular flexibility index (Phi) is 6.62. The number of carbonyl (C=O) groups is 1. The van der Waals surface area contributed by atoms with Gasteiger partial charge in [-0.1, -0.05) is 23.2 Å². The number of carbonyl (C=O) groups excluding carboxylic acids is 1. The van der Waals surface area contributed by atoms with Crippen LogP contribution in [0.15, 0.2) is 47.4 Å². The number of rotatable bonds is 5. The summed E-state index contributed by atoms with van der Waals surface area (Å²) in [6.07, 6.45) is 0. The molecule has 0 radical (unpaired) electrons. The Morgan fingerprint density at radius 3 is 2.21 bits per heavy atom. The third-order valence-corrected chi connectivity index (χ3v) is 6.98. The number of sulfonamides is 1. The largest absolute Gasteiger partial charge is 0.435 e. The fraction of sp³-hybridized carbons (Fsp3) is 0.278. The maximum absolute atomic E-state index is 12.8. The van der Waals surface area contributed by atoms with Crippen molar-refractivity contribution in [3.8, 4) is 5.75 Å². The van der Waals surface area contributed by atoms with Crippen molar-refractivity contribution in [3.63, 3.8) is 0 Å². The van der Waals surface area contributed by atoms with Crippen molar-refractivity contribution in [1.82, 2.24) is 9.21 Å². The Morgan fingerprint density at radius 2 is 1.62 bits per heavy atom. The van der Waals surface area contributed by atoms with Crippen LogP contribution >= 0.6 is 23.2 Å². The van der Waals surface area contributed by atoms with Crippen LogP contribution in [0.25, 0.3) is 0 Å². The van der Waals surface area contributed by atoms with Crippen molar-refractivity contribution in [1.29, 1.82) is 0 Å². The molecule has 0 bridgehead atoms. The minimum absolute atomic E-state index is 0.0501. The lowest BCUT2D eigenvalue weighted by molar-refractivity contribution is -0.0498. The van der Waals surface area contributed by atoms with Gasteiger partial charge in [0.15, 0.2) is 0 Å². The van der Waals surface area contributed by atoms with E-state index >= 15 is 0 Å². The first-order valence-corrected chi connectivity index (χ1v) is 10.7. The summed E-state index contributed by atoms with van der Waals surface area (Å²) < 4.78 is 55.6. The smallest absolute Gasteiger partial charge is 0.387 e. The van der Waals surface area contributed by atoms with Crippen LogP contribution in [0.4, 0.5) is 8.78 Å². The van der Waals surface area contributed by atoms with Gasteiger partial charge in [0, 0.05) is 36.8 Å². The monoisotopic (exact) mass is 464 g/mol. The second-order valence-corrected chi connectivity index (χ2v) is 8.92. The molecule has 1 heterocycles. The molecule has 29 heavy (non-hydrogen) atoms. The quantitative estimate of drug-likeness (QED) is 0.675. The number of hydrogen-bond acceptors (Lipinski definition) is 4. The first-order valence-electron chi connectivity index (χ1n) is 8.48. The van der Waals surface area contributed by atoms with Gasteiger partial charge >= 0.3 is 6.61 Å². The Hall–Kier alpha value is -1.94. The highest BCUT2D eigenvalue weighted by Crippen LogP contribution is 2.28. The van der Waals surface area contributed by atoms with E-state index in [4.69, 9.17) is 23.2 Å². The van der Waals surface area contributed by atoms with Gasteiger partial charge in [-0.05, 0) is 42.5 Å². The van der Waals surface area contributed by atoms with E-state index in [1.54, 1.807) is 0 Å². The zero-order valence-electron chi connectivity index (χ0n) is 14.9. The van der Waals surface area contributed by atoms with Crippen molar-refractivity contribution in [2.45, 2.75) is 11.5 Å². The van der Waals surface area contributed by atoms with Crippen LogP contribution in [0.3, 0.4) is 0 Å². The number of amides is 1. The predicted molar refractivity (Wildman–Crippen MR) is 104 cm³/mol. The van der Waals surface area contributed by atoms with Crippen molar-refractivity contribution < 1.29 is 26.7 Å². The van der Waals surface area contributed by atoms with E-state index in [2.05, 4.69) is 4.74 Å². The van der Waals surface area contributed by atoms with Gasteiger partial charge in [0.25, 0.3) is 5.91 Å². The highest BCUT2D eigenvalue weighted by molar-refractivity contribution is 7.89. The van der Waals surface area contributed by atoms with Crippen molar-refractivity contribution in [3.05, 3.63) is 58.1 Å². The first-order chi connectivity index (χ1) is 13.7. The van der Waals surface area contributed by atoms with E-state index in [0.717, 1.165) is 0 Å². The highest BCUT2D eigenvalue weighted by Gasteiger charge is 2.32. The number of hydrogen-bond donors (Lipinski definition) is 0. The number of halogens is 4. The topological polar surface area (TPSA) is 66.9 Å². The average molecular weight is 465 g/mol. The molecule has 2 aromatic rings. The Balaban J connectivity index is 1.67. The number of benzene rings is 2. The molecular weight excluding hydrogens is 449 g/mol. The van der Waals surface area contributed by atoms with Gasteiger partial charge in [-0.25, -0.2) is 8.42 Å². The molecule has 0 atom stereocenters. The zero-order valence-corrected chi connectivity index (χ0v) is 17.2. The van der Waals surface area contributed by atoms with Crippen LogP contribution in [0, 0.1) is 0 Å². The molecule has 0 aliphatic carbocycles. The Morgan fingerprint density at radius 1 is 1.00 bits per heavy atom. The summed E-state index contributed by atoms with van der Waals surface area (Å²) in [7, 11) is -3.85. The number of nitrogens with zero attached hydrogens (tertiary/aromatic N) is 2. The third kappa shape index (κ3) is 4.98. The lowest BCUT2D eigenvalue weighted by atomic mass is 10.2. The summed E-state index contributed by atoms with van der Waals surface area (Å²) in [6.45, 7) is -2.43. The molecule has 1 saturated heterocycles. The number of alkyl halides is 2. The van der Waals surface area contributed by atoms with Crippen molar-refractivity contribution >= 4 is 39.1 Å². The van der Waals surface area contributed by atoms with Crippen LogP contribution in [0.5, 0.6) is 5.75 Å². The van der Waals surface area contributed by atoms with Gasteiger partial charge in [0.05, 0.1) is 5.02 Å². The molecule has 11 heteroatoms. The van der Waals surface area contributed by atoms with E-state index in [-0.39, 0.29) is 52.8 Å². The molecule has 156 valence electrons. The van der Waals surface area contributed by atoms with E-state index < -0.39 is 16.6 Å². The standard InChI is InChI=1S/C18H16Cl2F2N2O4S/c19-13-3-6-15(20)16(11-13)29(26,27)24-9-7-23(8-10-24)17(25)12-1-4-14(5-2-12)28-18(21)22/h1-6,11,18H,7-10H2. The lowest BCUT2D eigenvalue weighted by Crippen LogP contribution is -2.50. The molecule has 1 aliphatic heterocycles.